The van der Waals surface area contributed by atoms with Gasteiger partial charge in [0.15, 0.2) is 0 Å². The second kappa shape index (κ2) is 13.6. The highest BCUT2D eigenvalue weighted by Gasteiger charge is 2.34. The summed E-state index contributed by atoms with van der Waals surface area (Å²) in [6.07, 6.45) is 0.474. The number of nitrogens with one attached hydrogen (secondary N) is 1. The Bertz CT molecular complexity index is 1410. The number of halogens is 1. The van der Waals surface area contributed by atoms with Crippen LogP contribution in [0.5, 0.6) is 5.75 Å². The fourth-order valence-electron chi connectivity index (χ4n) is 5.12. The molecule has 0 aromatic heterocycles. The topological polar surface area (TPSA) is 86.7 Å². The largest absolute Gasteiger partial charge is 0.495 e. The van der Waals surface area contributed by atoms with Gasteiger partial charge in [0.05, 0.1) is 37.8 Å². The minimum Gasteiger partial charge on any atom is -0.495 e. The number of methoxy groups -OCH3 is 1. The van der Waals surface area contributed by atoms with Gasteiger partial charge in [-0.05, 0) is 42.3 Å². The van der Waals surface area contributed by atoms with Gasteiger partial charge in [0, 0.05) is 32.6 Å². The van der Waals surface area contributed by atoms with E-state index in [2.05, 4.69) is 10.2 Å². The molecule has 0 spiro atoms. The first-order valence-corrected chi connectivity index (χ1v) is 14.1. The van der Waals surface area contributed by atoms with Crippen LogP contribution < -0.4 is 10.1 Å². The van der Waals surface area contributed by atoms with Gasteiger partial charge in [-0.1, -0.05) is 54.1 Å². The number of urea groups is 1. The fraction of sp³-hybridized carbons (Fsp3) is 0.344. The number of nitrogens with zero attached hydrogens (tertiary/aromatic N) is 4. The molecule has 1 saturated heterocycles. The highest BCUT2D eigenvalue weighted by Crippen LogP contribution is 2.33. The minimum atomic E-state index is -0.407. The number of carbonyl (C=O) groups excluding carboxylic acids is 2. The van der Waals surface area contributed by atoms with Gasteiger partial charge in [0.1, 0.15) is 18.1 Å². The molecular weight excluding hydrogens is 537 g/mol. The van der Waals surface area contributed by atoms with Crippen LogP contribution in [0.15, 0.2) is 77.9 Å². The molecule has 0 unspecified atom stereocenters. The third-order valence-electron chi connectivity index (χ3n) is 7.56. The van der Waals surface area contributed by atoms with Crippen LogP contribution in [-0.4, -0.2) is 85.5 Å². The zero-order valence-electron chi connectivity index (χ0n) is 24.0. The molecule has 42 heavy (non-hydrogen) atoms. The molecule has 0 bridgehead atoms. The van der Waals surface area contributed by atoms with E-state index < -0.39 is 6.03 Å². The SMILES string of the molecule is COc1ccccc1NC(=O)N(CCN1CCOCC1)CC(=O)N1N=C(c2ccc(F)cc2)C[C@@H]1c1ccc(C)cc1. The number of hydrogen-bond donors (Lipinski definition) is 1. The Morgan fingerprint density at radius 3 is 2.48 bits per heavy atom. The molecule has 1 N–H and O–H groups in total. The van der Waals surface area contributed by atoms with E-state index in [9.17, 15) is 14.0 Å². The van der Waals surface area contributed by atoms with Gasteiger partial charge in [-0.3, -0.25) is 9.69 Å². The summed E-state index contributed by atoms with van der Waals surface area (Å²) in [5, 5.41) is 9.10. The van der Waals surface area contributed by atoms with Crippen molar-refractivity contribution in [2.24, 2.45) is 5.10 Å². The number of carbonyl (C=O) groups is 2. The van der Waals surface area contributed by atoms with E-state index >= 15 is 0 Å². The van der Waals surface area contributed by atoms with Gasteiger partial charge in [-0.25, -0.2) is 14.2 Å². The van der Waals surface area contributed by atoms with Crippen LogP contribution >= 0.6 is 0 Å². The summed E-state index contributed by atoms with van der Waals surface area (Å²) < 4.78 is 24.5. The van der Waals surface area contributed by atoms with Crippen molar-refractivity contribution in [2.45, 2.75) is 19.4 Å². The molecule has 3 aromatic carbocycles. The molecule has 9 nitrogen and oxygen atoms in total. The second-order valence-corrected chi connectivity index (χ2v) is 10.4. The van der Waals surface area contributed by atoms with Crippen molar-refractivity contribution in [1.82, 2.24) is 14.8 Å². The molecule has 3 aromatic rings. The van der Waals surface area contributed by atoms with E-state index in [0.717, 1.165) is 29.8 Å². The minimum absolute atomic E-state index is 0.173. The molecule has 2 aliphatic heterocycles. The number of aryl methyl sites for hydroxylation is 1. The average Bonchev–Trinajstić information content (AvgIpc) is 3.46. The first kappa shape index (κ1) is 29.2. The van der Waals surface area contributed by atoms with Gasteiger partial charge in [-0.15, -0.1) is 0 Å². The molecule has 0 aliphatic carbocycles. The molecule has 2 aliphatic rings. The van der Waals surface area contributed by atoms with Gasteiger partial charge in [-0.2, -0.15) is 5.10 Å². The normalized spacial score (nSPS) is 17.1. The number of morpholine rings is 1. The summed E-state index contributed by atoms with van der Waals surface area (Å²) in [5.41, 5.74) is 4.00. The maximum atomic E-state index is 13.9. The van der Waals surface area contributed by atoms with Crippen LogP contribution in [0.2, 0.25) is 0 Å². The number of para-hydroxylation sites is 2. The van der Waals surface area contributed by atoms with Crippen molar-refractivity contribution in [3.05, 3.63) is 95.3 Å². The van der Waals surface area contributed by atoms with Crippen LogP contribution in [0.3, 0.4) is 0 Å². The lowest BCUT2D eigenvalue weighted by atomic mass is 9.97. The molecular formula is C32H36FN5O4. The van der Waals surface area contributed by atoms with Gasteiger partial charge in [0.2, 0.25) is 0 Å². The average molecular weight is 574 g/mol. The van der Waals surface area contributed by atoms with Crippen molar-refractivity contribution in [1.29, 1.82) is 0 Å². The molecule has 3 amide bonds. The summed E-state index contributed by atoms with van der Waals surface area (Å²) >= 11 is 0. The summed E-state index contributed by atoms with van der Waals surface area (Å²) in [6.45, 7) is 5.58. The van der Waals surface area contributed by atoms with Crippen LogP contribution in [0.1, 0.15) is 29.2 Å². The lowest BCUT2D eigenvalue weighted by molar-refractivity contribution is -0.133. The second-order valence-electron chi connectivity index (χ2n) is 10.4. The maximum absolute atomic E-state index is 13.9. The Kier molecular flexibility index (Phi) is 9.45. The number of benzene rings is 3. The van der Waals surface area contributed by atoms with Crippen LogP contribution in [0, 0.1) is 12.7 Å². The highest BCUT2D eigenvalue weighted by molar-refractivity contribution is 6.03. The van der Waals surface area contributed by atoms with E-state index in [1.54, 1.807) is 31.4 Å². The van der Waals surface area contributed by atoms with E-state index in [1.165, 1.54) is 22.0 Å². The molecule has 2 heterocycles. The monoisotopic (exact) mass is 573 g/mol. The fourth-order valence-corrected chi connectivity index (χ4v) is 5.12. The molecule has 0 saturated carbocycles. The van der Waals surface area contributed by atoms with E-state index in [4.69, 9.17) is 14.6 Å². The molecule has 1 fully saturated rings. The molecule has 0 radical (unpaired) electrons. The zero-order valence-corrected chi connectivity index (χ0v) is 24.0. The lowest BCUT2D eigenvalue weighted by Crippen LogP contribution is -2.47. The molecule has 220 valence electrons. The van der Waals surface area contributed by atoms with Crippen molar-refractivity contribution >= 4 is 23.3 Å². The predicted octanol–water partition coefficient (Wildman–Crippen LogP) is 4.69. The van der Waals surface area contributed by atoms with Gasteiger partial charge >= 0.3 is 6.03 Å². The van der Waals surface area contributed by atoms with Crippen LogP contribution in [0.25, 0.3) is 0 Å². The van der Waals surface area contributed by atoms with Crippen molar-refractivity contribution in [2.75, 3.05) is 58.4 Å². The Hall–Kier alpha value is -4.28. The number of rotatable bonds is 9. The maximum Gasteiger partial charge on any atom is 0.322 e. The van der Waals surface area contributed by atoms with E-state index in [1.807, 2.05) is 43.3 Å². The predicted molar refractivity (Wildman–Crippen MR) is 159 cm³/mol. The standard InChI is InChI=1S/C32H36FN5O4/c1-23-7-9-25(10-8-23)29-21-28(24-11-13-26(33)14-12-24)35-38(29)31(39)22-37(16-15-36-17-19-42-20-18-36)32(40)34-27-5-3-4-6-30(27)41-2/h3-14,29H,15-22H2,1-2H3,(H,34,40)/t29-/m1/s1. The first-order valence-electron chi connectivity index (χ1n) is 14.1. The zero-order chi connectivity index (χ0) is 29.5. The Morgan fingerprint density at radius 1 is 1.05 bits per heavy atom. The van der Waals surface area contributed by atoms with Gasteiger partial charge in [0.25, 0.3) is 5.91 Å². The summed E-state index contributed by atoms with van der Waals surface area (Å²) in [6, 6.07) is 20.5. The number of hydrazone groups is 1. The van der Waals surface area contributed by atoms with E-state index in [-0.39, 0.29) is 24.3 Å². The summed E-state index contributed by atoms with van der Waals surface area (Å²) in [4.78, 5) is 31.3. The lowest BCUT2D eigenvalue weighted by Gasteiger charge is -2.31. The van der Waals surface area contributed by atoms with Crippen LogP contribution in [-0.2, 0) is 9.53 Å². The third-order valence-corrected chi connectivity index (χ3v) is 7.56. The third kappa shape index (κ3) is 7.13. The number of amides is 3. The highest BCUT2D eigenvalue weighted by atomic mass is 19.1. The molecule has 10 heteroatoms. The van der Waals surface area contributed by atoms with Crippen molar-refractivity contribution in [3.8, 4) is 5.75 Å². The Morgan fingerprint density at radius 2 is 1.76 bits per heavy atom. The quantitative estimate of drug-likeness (QED) is 0.402. The van der Waals surface area contributed by atoms with Crippen LogP contribution in [0.4, 0.5) is 14.9 Å². The Labute approximate surface area is 245 Å². The molecule has 5 rings (SSSR count). The van der Waals surface area contributed by atoms with Crippen molar-refractivity contribution < 1.29 is 23.5 Å². The van der Waals surface area contributed by atoms with Crippen molar-refractivity contribution in [3.63, 3.8) is 0 Å². The summed E-state index contributed by atoms with van der Waals surface area (Å²) in [5.74, 6) is -0.120. The Balaban J connectivity index is 1.39. The van der Waals surface area contributed by atoms with Gasteiger partial charge < -0.3 is 19.7 Å². The smallest absolute Gasteiger partial charge is 0.322 e. The van der Waals surface area contributed by atoms with E-state index in [0.29, 0.717) is 49.9 Å². The molecule has 1 atom stereocenters. The summed E-state index contributed by atoms with van der Waals surface area (Å²) in [7, 11) is 1.54. The first-order chi connectivity index (χ1) is 20.4. The number of hydrogen-bond acceptors (Lipinski definition) is 6. The number of ether oxygens (including phenoxy) is 2. The number of anilines is 1.